The van der Waals surface area contributed by atoms with Gasteiger partial charge in [-0.3, -0.25) is 4.79 Å². The Morgan fingerprint density at radius 2 is 2.35 bits per heavy atom. The fraction of sp³-hybridized carbons (Fsp3) is 0.250. The van der Waals surface area contributed by atoms with Gasteiger partial charge in [0, 0.05) is 28.7 Å². The highest BCUT2D eigenvalue weighted by Crippen LogP contribution is 2.21. The van der Waals surface area contributed by atoms with E-state index in [1.807, 2.05) is 24.4 Å². The molecule has 0 atom stereocenters. The number of hydrogen-bond donors (Lipinski definition) is 2. The van der Waals surface area contributed by atoms with Crippen LogP contribution in [0.4, 0.5) is 0 Å². The molecule has 0 saturated carbocycles. The van der Waals surface area contributed by atoms with Gasteiger partial charge < -0.3 is 15.0 Å². The number of hydrogen-bond acceptors (Lipinski definition) is 3. The highest BCUT2D eigenvalue weighted by atomic mass is 35.5. The van der Waals surface area contributed by atoms with Crippen molar-refractivity contribution in [2.45, 2.75) is 6.54 Å². The van der Waals surface area contributed by atoms with Gasteiger partial charge in [-0.05, 0) is 17.7 Å². The summed E-state index contributed by atoms with van der Waals surface area (Å²) in [7, 11) is 1.37. The van der Waals surface area contributed by atoms with E-state index < -0.39 is 0 Å². The van der Waals surface area contributed by atoms with Gasteiger partial charge in [-0.1, -0.05) is 17.7 Å². The summed E-state index contributed by atoms with van der Waals surface area (Å²) in [5.74, 6) is -0.270. The van der Waals surface area contributed by atoms with Crippen molar-refractivity contribution >= 4 is 28.5 Å². The van der Waals surface area contributed by atoms with Crippen molar-refractivity contribution < 1.29 is 9.53 Å². The summed E-state index contributed by atoms with van der Waals surface area (Å²) in [5, 5.41) is 4.82. The second-order valence-corrected chi connectivity index (χ2v) is 4.12. The van der Waals surface area contributed by atoms with Crippen molar-refractivity contribution in [3.05, 3.63) is 35.0 Å². The van der Waals surface area contributed by atoms with Crippen LogP contribution >= 0.6 is 11.6 Å². The molecule has 5 heteroatoms. The topological polar surface area (TPSA) is 54.1 Å². The lowest BCUT2D eigenvalue weighted by atomic mass is 10.2. The summed E-state index contributed by atoms with van der Waals surface area (Å²) >= 11 is 5.90. The Hall–Kier alpha value is -1.52. The number of carbonyl (C=O) groups is 1. The van der Waals surface area contributed by atoms with Crippen molar-refractivity contribution in [1.82, 2.24) is 10.3 Å². The Morgan fingerprint density at radius 3 is 3.12 bits per heavy atom. The number of methoxy groups -OCH3 is 1. The third-order valence-electron chi connectivity index (χ3n) is 2.54. The summed E-state index contributed by atoms with van der Waals surface area (Å²) < 4.78 is 4.55. The summed E-state index contributed by atoms with van der Waals surface area (Å²) in [6, 6.07) is 5.69. The van der Waals surface area contributed by atoms with Crippen LogP contribution < -0.4 is 5.32 Å². The largest absolute Gasteiger partial charge is 0.468 e. The van der Waals surface area contributed by atoms with E-state index in [0.717, 1.165) is 16.5 Å². The smallest absolute Gasteiger partial charge is 0.319 e. The molecule has 0 radical (unpaired) electrons. The first-order valence-electron chi connectivity index (χ1n) is 5.24. The number of aromatic amines is 1. The van der Waals surface area contributed by atoms with Crippen LogP contribution in [0.2, 0.25) is 5.02 Å². The van der Waals surface area contributed by atoms with Gasteiger partial charge in [0.2, 0.25) is 0 Å². The van der Waals surface area contributed by atoms with Gasteiger partial charge in [0.1, 0.15) is 0 Å². The number of aromatic nitrogens is 1. The quantitative estimate of drug-likeness (QED) is 0.820. The Balaban J connectivity index is 2.06. The minimum atomic E-state index is -0.270. The predicted octanol–water partition coefficient (Wildman–Crippen LogP) is 2.08. The molecule has 0 saturated heterocycles. The molecule has 17 heavy (non-hydrogen) atoms. The molecule has 0 fully saturated rings. The average molecular weight is 253 g/mol. The van der Waals surface area contributed by atoms with E-state index in [1.54, 1.807) is 0 Å². The minimum absolute atomic E-state index is 0.205. The van der Waals surface area contributed by atoms with E-state index >= 15 is 0 Å². The van der Waals surface area contributed by atoms with Crippen LogP contribution in [0.1, 0.15) is 5.56 Å². The van der Waals surface area contributed by atoms with Crippen molar-refractivity contribution in [3.63, 3.8) is 0 Å². The van der Waals surface area contributed by atoms with E-state index in [0.29, 0.717) is 11.6 Å². The highest BCUT2D eigenvalue weighted by molar-refractivity contribution is 6.31. The fourth-order valence-corrected chi connectivity index (χ4v) is 1.85. The summed E-state index contributed by atoms with van der Waals surface area (Å²) in [4.78, 5) is 14.1. The molecule has 0 amide bonds. The molecule has 2 N–H and O–H groups in total. The van der Waals surface area contributed by atoms with Gasteiger partial charge in [-0.15, -0.1) is 0 Å². The van der Waals surface area contributed by atoms with Gasteiger partial charge in [0.25, 0.3) is 0 Å². The van der Waals surface area contributed by atoms with Crippen LogP contribution in [-0.2, 0) is 16.1 Å². The Bertz CT molecular complexity index is 536. The number of rotatable bonds is 4. The lowest BCUT2D eigenvalue weighted by Crippen LogP contribution is -2.23. The predicted molar refractivity (Wildman–Crippen MR) is 67.0 cm³/mol. The van der Waals surface area contributed by atoms with Crippen LogP contribution in [0.5, 0.6) is 0 Å². The zero-order valence-electron chi connectivity index (χ0n) is 9.42. The zero-order valence-corrected chi connectivity index (χ0v) is 10.2. The number of esters is 1. The van der Waals surface area contributed by atoms with E-state index in [9.17, 15) is 4.79 Å². The molecule has 2 aromatic rings. The van der Waals surface area contributed by atoms with Crippen LogP contribution in [0, 0.1) is 0 Å². The third kappa shape index (κ3) is 2.78. The second kappa shape index (κ2) is 5.21. The number of nitrogens with one attached hydrogen (secondary N) is 2. The van der Waals surface area contributed by atoms with Gasteiger partial charge in [-0.25, -0.2) is 0 Å². The first-order valence-corrected chi connectivity index (χ1v) is 5.61. The molecule has 1 aromatic heterocycles. The molecule has 90 valence electrons. The summed E-state index contributed by atoms with van der Waals surface area (Å²) in [6.07, 6.45) is 1.91. The van der Waals surface area contributed by atoms with Crippen LogP contribution in [0.25, 0.3) is 10.9 Å². The highest BCUT2D eigenvalue weighted by Gasteiger charge is 2.05. The van der Waals surface area contributed by atoms with Crippen molar-refractivity contribution in [1.29, 1.82) is 0 Å². The first kappa shape index (κ1) is 12.0. The lowest BCUT2D eigenvalue weighted by molar-refractivity contribution is -0.139. The van der Waals surface area contributed by atoms with Gasteiger partial charge >= 0.3 is 5.97 Å². The number of ether oxygens (including phenoxy) is 1. The molecule has 1 aromatic carbocycles. The molecule has 2 rings (SSSR count). The van der Waals surface area contributed by atoms with Crippen molar-refractivity contribution in [3.8, 4) is 0 Å². The number of benzene rings is 1. The number of H-pyrrole nitrogens is 1. The van der Waals surface area contributed by atoms with E-state index in [2.05, 4.69) is 15.0 Å². The minimum Gasteiger partial charge on any atom is -0.468 e. The molecule has 0 aliphatic carbocycles. The maximum absolute atomic E-state index is 10.9. The monoisotopic (exact) mass is 252 g/mol. The summed E-state index contributed by atoms with van der Waals surface area (Å²) in [6.45, 7) is 0.813. The van der Waals surface area contributed by atoms with E-state index in [-0.39, 0.29) is 12.5 Å². The summed E-state index contributed by atoms with van der Waals surface area (Å²) in [5.41, 5.74) is 2.09. The molecule has 0 bridgehead atoms. The molecule has 0 unspecified atom stereocenters. The third-order valence-corrected chi connectivity index (χ3v) is 2.78. The standard InChI is InChI=1S/C12H13ClN2O2/c1-17-12(16)7-14-5-8-6-15-11-4-9(13)2-3-10(8)11/h2-4,6,14-15H,5,7H2,1H3. The van der Waals surface area contributed by atoms with Crippen molar-refractivity contribution in [2.75, 3.05) is 13.7 Å². The van der Waals surface area contributed by atoms with Gasteiger partial charge in [0.05, 0.1) is 13.7 Å². The van der Waals surface area contributed by atoms with E-state index in [4.69, 9.17) is 11.6 Å². The lowest BCUT2D eigenvalue weighted by Gasteiger charge is -2.02. The Labute approximate surface area is 104 Å². The SMILES string of the molecule is COC(=O)CNCc1c[nH]c2cc(Cl)ccc12. The van der Waals surface area contributed by atoms with Gasteiger partial charge in [-0.2, -0.15) is 0 Å². The maximum Gasteiger partial charge on any atom is 0.319 e. The first-order chi connectivity index (χ1) is 8.20. The van der Waals surface area contributed by atoms with Crippen LogP contribution in [-0.4, -0.2) is 24.6 Å². The van der Waals surface area contributed by atoms with Crippen LogP contribution in [0.3, 0.4) is 0 Å². The Morgan fingerprint density at radius 1 is 1.53 bits per heavy atom. The molecule has 4 nitrogen and oxygen atoms in total. The molecule has 0 aliphatic heterocycles. The van der Waals surface area contributed by atoms with E-state index in [1.165, 1.54) is 7.11 Å². The maximum atomic E-state index is 10.9. The number of fused-ring (bicyclic) bond motifs is 1. The molecular weight excluding hydrogens is 240 g/mol. The molecule has 0 spiro atoms. The fourth-order valence-electron chi connectivity index (χ4n) is 1.68. The van der Waals surface area contributed by atoms with Gasteiger partial charge in [0.15, 0.2) is 0 Å². The number of carbonyl (C=O) groups excluding carboxylic acids is 1. The normalized spacial score (nSPS) is 10.7. The average Bonchev–Trinajstić information content (AvgIpc) is 2.71. The molecular formula is C12H13ClN2O2. The van der Waals surface area contributed by atoms with Crippen LogP contribution in [0.15, 0.2) is 24.4 Å². The number of halogens is 1. The van der Waals surface area contributed by atoms with Crippen molar-refractivity contribution in [2.24, 2.45) is 0 Å². The second-order valence-electron chi connectivity index (χ2n) is 3.68. The Kier molecular flexibility index (Phi) is 3.66. The molecule has 0 aliphatic rings. The molecule has 1 heterocycles. The zero-order chi connectivity index (χ0) is 12.3.